The number of nitro benzene ring substituents is 1. The number of ether oxygens (including phenoxy) is 1. The highest BCUT2D eigenvalue weighted by Crippen LogP contribution is 2.30. The largest absolute Gasteiger partial charge is 0.456 e. The van der Waals surface area contributed by atoms with E-state index in [1.165, 1.54) is 12.1 Å². The van der Waals surface area contributed by atoms with Crippen LogP contribution >= 0.6 is 0 Å². The Bertz CT molecular complexity index is 760. The zero-order chi connectivity index (χ0) is 17.2. The Morgan fingerprint density at radius 2 is 1.78 bits per heavy atom. The molecule has 2 aromatic carbocycles. The van der Waals surface area contributed by atoms with E-state index in [4.69, 9.17) is 4.74 Å². The normalized spacial score (nSPS) is 11.1. The molecule has 0 aliphatic rings. The van der Waals surface area contributed by atoms with Crippen LogP contribution in [0.1, 0.15) is 36.7 Å². The van der Waals surface area contributed by atoms with Crippen molar-refractivity contribution in [3.8, 4) is 11.1 Å². The first-order valence-corrected chi connectivity index (χ1v) is 7.27. The molecular weight excluding hydrogens is 294 g/mol. The quantitative estimate of drug-likeness (QED) is 0.474. The van der Waals surface area contributed by atoms with Crippen molar-refractivity contribution in [3.05, 3.63) is 63.7 Å². The lowest BCUT2D eigenvalue weighted by Crippen LogP contribution is -2.24. The molecule has 0 unspecified atom stereocenters. The first-order valence-electron chi connectivity index (χ1n) is 7.27. The molecule has 0 fully saturated rings. The summed E-state index contributed by atoms with van der Waals surface area (Å²) < 4.78 is 5.24. The number of nitrogens with zero attached hydrogens (tertiary/aromatic N) is 1. The van der Waals surface area contributed by atoms with Crippen LogP contribution < -0.4 is 0 Å². The van der Waals surface area contributed by atoms with E-state index in [9.17, 15) is 14.9 Å². The minimum Gasteiger partial charge on any atom is -0.456 e. The molecule has 0 aliphatic carbocycles. The van der Waals surface area contributed by atoms with Crippen molar-refractivity contribution in [1.29, 1.82) is 0 Å². The van der Waals surface area contributed by atoms with Crippen molar-refractivity contribution >= 4 is 11.7 Å². The number of esters is 1. The van der Waals surface area contributed by atoms with Gasteiger partial charge in [0.15, 0.2) is 0 Å². The van der Waals surface area contributed by atoms with Gasteiger partial charge in [0.1, 0.15) is 11.2 Å². The minimum absolute atomic E-state index is 0.0396. The molecule has 0 spiro atoms. The number of hydrogen-bond acceptors (Lipinski definition) is 4. The van der Waals surface area contributed by atoms with Crippen molar-refractivity contribution in [2.75, 3.05) is 0 Å². The Hall–Kier alpha value is -2.69. The smallest absolute Gasteiger partial charge is 0.345 e. The third-order valence-corrected chi connectivity index (χ3v) is 3.27. The predicted octanol–water partition coefficient (Wildman–Crippen LogP) is 4.53. The first kappa shape index (κ1) is 16.7. The lowest BCUT2D eigenvalue weighted by Gasteiger charge is -2.19. The summed E-state index contributed by atoms with van der Waals surface area (Å²) in [5.41, 5.74) is 1.60. The molecule has 0 aliphatic heterocycles. The third kappa shape index (κ3) is 3.94. The molecular formula is C18H19NO4. The monoisotopic (exact) mass is 313 g/mol. The maximum absolute atomic E-state index is 12.2. The molecule has 2 aromatic rings. The van der Waals surface area contributed by atoms with E-state index >= 15 is 0 Å². The molecule has 5 heteroatoms. The number of carbonyl (C=O) groups is 1. The molecule has 0 aromatic heterocycles. The van der Waals surface area contributed by atoms with Crippen molar-refractivity contribution in [1.82, 2.24) is 0 Å². The summed E-state index contributed by atoms with van der Waals surface area (Å²) in [6, 6.07) is 12.2. The van der Waals surface area contributed by atoms with Gasteiger partial charge in [0, 0.05) is 6.07 Å². The molecule has 0 saturated heterocycles. The van der Waals surface area contributed by atoms with E-state index in [2.05, 4.69) is 0 Å². The van der Waals surface area contributed by atoms with Crippen molar-refractivity contribution in [2.45, 2.75) is 33.3 Å². The summed E-state index contributed by atoms with van der Waals surface area (Å²) in [7, 11) is 0. The van der Waals surface area contributed by atoms with Crippen LogP contribution in [0.25, 0.3) is 11.1 Å². The third-order valence-electron chi connectivity index (χ3n) is 3.27. The summed E-state index contributed by atoms with van der Waals surface area (Å²) in [5.74, 6) is -0.694. The number of carbonyl (C=O) groups excluding carboxylic acids is 1. The lowest BCUT2D eigenvalue weighted by molar-refractivity contribution is -0.385. The summed E-state index contributed by atoms with van der Waals surface area (Å²) in [6.07, 6.45) is 0. The minimum atomic E-state index is -0.709. The zero-order valence-electron chi connectivity index (χ0n) is 13.6. The maximum atomic E-state index is 12.2. The second kappa shape index (κ2) is 6.20. The molecule has 0 heterocycles. The van der Waals surface area contributed by atoms with Gasteiger partial charge in [-0.15, -0.1) is 0 Å². The lowest BCUT2D eigenvalue weighted by atomic mass is 9.98. The molecule has 0 N–H and O–H groups in total. The predicted molar refractivity (Wildman–Crippen MR) is 88.4 cm³/mol. The van der Waals surface area contributed by atoms with E-state index in [1.807, 2.05) is 31.2 Å². The molecule has 0 bridgehead atoms. The second-order valence-corrected chi connectivity index (χ2v) is 6.31. The van der Waals surface area contributed by atoms with Gasteiger partial charge in [-0.1, -0.05) is 30.3 Å². The van der Waals surface area contributed by atoms with Gasteiger partial charge < -0.3 is 4.74 Å². The van der Waals surface area contributed by atoms with E-state index in [1.54, 1.807) is 26.8 Å². The van der Waals surface area contributed by atoms with Crippen molar-refractivity contribution < 1.29 is 14.5 Å². The molecule has 0 atom stereocenters. The fourth-order valence-electron chi connectivity index (χ4n) is 2.25. The standard InChI is InChI=1S/C18H19NO4/c1-12-7-5-6-8-14(12)13-9-10-15(16(11-13)19(21)22)17(20)23-18(2,3)4/h5-11H,1-4H3. The van der Waals surface area contributed by atoms with Crippen LogP contribution in [0.4, 0.5) is 5.69 Å². The highest BCUT2D eigenvalue weighted by Gasteiger charge is 2.26. The summed E-state index contributed by atoms with van der Waals surface area (Å²) >= 11 is 0. The van der Waals surface area contributed by atoms with Crippen LogP contribution in [0.15, 0.2) is 42.5 Å². The molecule has 0 radical (unpaired) electrons. The summed E-state index contributed by atoms with van der Waals surface area (Å²) in [5, 5.41) is 11.4. The van der Waals surface area contributed by atoms with Gasteiger partial charge in [-0.05, 0) is 50.5 Å². The molecule has 0 saturated carbocycles. The van der Waals surface area contributed by atoms with E-state index in [0.717, 1.165) is 11.1 Å². The van der Waals surface area contributed by atoms with Gasteiger partial charge in [-0.25, -0.2) is 4.79 Å². The van der Waals surface area contributed by atoms with Crippen LogP contribution in [0, 0.1) is 17.0 Å². The summed E-state index contributed by atoms with van der Waals surface area (Å²) in [4.78, 5) is 23.0. The average Bonchev–Trinajstić information content (AvgIpc) is 2.45. The topological polar surface area (TPSA) is 69.4 Å². The van der Waals surface area contributed by atoms with Gasteiger partial charge in [-0.2, -0.15) is 0 Å². The Balaban J connectivity index is 2.50. The molecule has 120 valence electrons. The first-order chi connectivity index (χ1) is 10.7. The SMILES string of the molecule is Cc1ccccc1-c1ccc(C(=O)OC(C)(C)C)c([N+](=O)[O-])c1. The molecule has 5 nitrogen and oxygen atoms in total. The Morgan fingerprint density at radius 1 is 1.13 bits per heavy atom. The number of aryl methyl sites for hydroxylation is 1. The molecule has 0 amide bonds. The fraction of sp³-hybridized carbons (Fsp3) is 0.278. The Morgan fingerprint density at radius 3 is 2.35 bits per heavy atom. The van der Waals surface area contributed by atoms with Crippen molar-refractivity contribution in [3.63, 3.8) is 0 Å². The van der Waals surface area contributed by atoms with Gasteiger partial charge in [0.25, 0.3) is 5.69 Å². The van der Waals surface area contributed by atoms with E-state index in [0.29, 0.717) is 5.56 Å². The second-order valence-electron chi connectivity index (χ2n) is 6.31. The number of benzene rings is 2. The van der Waals surface area contributed by atoms with Gasteiger partial charge in [-0.3, -0.25) is 10.1 Å². The Labute approximate surface area is 135 Å². The van der Waals surface area contributed by atoms with Crippen LogP contribution in [0.2, 0.25) is 0 Å². The number of nitro groups is 1. The van der Waals surface area contributed by atoms with Crippen LogP contribution in [0.3, 0.4) is 0 Å². The van der Waals surface area contributed by atoms with E-state index in [-0.39, 0.29) is 11.3 Å². The Kier molecular flexibility index (Phi) is 4.50. The zero-order valence-corrected chi connectivity index (χ0v) is 13.6. The van der Waals surface area contributed by atoms with Crippen molar-refractivity contribution in [2.24, 2.45) is 0 Å². The van der Waals surface area contributed by atoms with Gasteiger partial charge >= 0.3 is 5.97 Å². The van der Waals surface area contributed by atoms with E-state index < -0.39 is 16.5 Å². The number of hydrogen-bond donors (Lipinski definition) is 0. The van der Waals surface area contributed by atoms with Gasteiger partial charge in [0.2, 0.25) is 0 Å². The average molecular weight is 313 g/mol. The fourth-order valence-corrected chi connectivity index (χ4v) is 2.25. The van der Waals surface area contributed by atoms with Gasteiger partial charge in [0.05, 0.1) is 4.92 Å². The van der Waals surface area contributed by atoms with Crippen LogP contribution in [-0.4, -0.2) is 16.5 Å². The number of rotatable bonds is 3. The molecule has 2 rings (SSSR count). The maximum Gasteiger partial charge on any atom is 0.345 e. The highest BCUT2D eigenvalue weighted by molar-refractivity contribution is 5.95. The van der Waals surface area contributed by atoms with Crippen LogP contribution in [-0.2, 0) is 4.74 Å². The molecule has 23 heavy (non-hydrogen) atoms. The summed E-state index contributed by atoms with van der Waals surface area (Å²) in [6.45, 7) is 7.10. The van der Waals surface area contributed by atoms with Crippen LogP contribution in [0.5, 0.6) is 0 Å². The highest BCUT2D eigenvalue weighted by atomic mass is 16.6.